The Morgan fingerprint density at radius 2 is 2.05 bits per heavy atom. The molecule has 1 heterocycles. The number of aliphatic hydroxyl groups excluding tert-OH is 1. The third-order valence-electron chi connectivity index (χ3n) is 3.86. The summed E-state index contributed by atoms with van der Waals surface area (Å²) >= 11 is 0. The van der Waals surface area contributed by atoms with E-state index in [1.54, 1.807) is 0 Å². The summed E-state index contributed by atoms with van der Waals surface area (Å²) in [5, 5.41) is 12.8. The molecular formula is C13H23N5O. The average Bonchev–Trinajstić information content (AvgIpc) is 2.88. The maximum Gasteiger partial charge on any atom is 0.148 e. The van der Waals surface area contributed by atoms with Crippen molar-refractivity contribution in [2.45, 2.75) is 45.6 Å². The van der Waals surface area contributed by atoms with Gasteiger partial charge in [-0.15, -0.1) is 0 Å². The van der Waals surface area contributed by atoms with Crippen molar-refractivity contribution in [3.63, 3.8) is 0 Å². The smallest absolute Gasteiger partial charge is 0.148 e. The number of aryl methyl sites for hydroxylation is 1. The summed E-state index contributed by atoms with van der Waals surface area (Å²) in [5.41, 5.74) is 3.54. The maximum absolute atomic E-state index is 9.38. The molecule has 0 aliphatic heterocycles. The minimum absolute atomic E-state index is 0.227. The minimum atomic E-state index is 0.227. The topological polar surface area (TPSA) is 96.1 Å². The van der Waals surface area contributed by atoms with Gasteiger partial charge in [-0.3, -0.25) is 0 Å². The predicted octanol–water partition coefficient (Wildman–Crippen LogP) is 1.21. The molecule has 1 aliphatic rings. The normalized spacial score (nSPS) is 22.5. The molecule has 6 nitrogen and oxygen atoms in total. The van der Waals surface area contributed by atoms with Crippen molar-refractivity contribution in [2.24, 2.45) is 11.8 Å². The number of rotatable bonds is 5. The molecule has 0 aromatic carbocycles. The summed E-state index contributed by atoms with van der Waals surface area (Å²) in [7, 11) is 0. The lowest BCUT2D eigenvalue weighted by Gasteiger charge is -2.21. The Hall–Kier alpha value is -1.40. The summed E-state index contributed by atoms with van der Waals surface area (Å²) < 4.78 is 0. The summed E-state index contributed by atoms with van der Waals surface area (Å²) in [5.74, 6) is 8.06. The number of anilines is 2. The Morgan fingerprint density at radius 3 is 2.68 bits per heavy atom. The molecule has 6 heteroatoms. The van der Waals surface area contributed by atoms with Gasteiger partial charge in [0.15, 0.2) is 0 Å². The molecule has 2 rings (SSSR count). The number of nitrogen functional groups attached to an aromatic ring is 1. The highest BCUT2D eigenvalue weighted by Crippen LogP contribution is 2.29. The number of nitrogens with one attached hydrogen (secondary N) is 2. The van der Waals surface area contributed by atoms with E-state index in [1.165, 1.54) is 0 Å². The number of hydrogen-bond acceptors (Lipinski definition) is 6. The Kier molecular flexibility index (Phi) is 4.55. The van der Waals surface area contributed by atoms with Crippen molar-refractivity contribution in [3.05, 3.63) is 11.4 Å². The highest BCUT2D eigenvalue weighted by molar-refractivity contribution is 5.57. The molecule has 0 radical (unpaired) electrons. The fraction of sp³-hybridized carbons (Fsp3) is 0.692. The highest BCUT2D eigenvalue weighted by atomic mass is 16.3. The van der Waals surface area contributed by atoms with E-state index in [9.17, 15) is 5.11 Å². The van der Waals surface area contributed by atoms with Crippen LogP contribution in [-0.4, -0.2) is 27.7 Å². The maximum atomic E-state index is 9.38. The molecule has 0 saturated heterocycles. The van der Waals surface area contributed by atoms with Crippen LogP contribution in [0.4, 0.5) is 11.6 Å². The van der Waals surface area contributed by atoms with Gasteiger partial charge >= 0.3 is 0 Å². The second-order valence-electron chi connectivity index (χ2n) is 5.08. The lowest BCUT2D eigenvalue weighted by molar-refractivity contribution is 0.222. The first-order chi connectivity index (χ1) is 9.19. The van der Waals surface area contributed by atoms with Gasteiger partial charge in [0.1, 0.15) is 17.5 Å². The zero-order chi connectivity index (χ0) is 13.8. The van der Waals surface area contributed by atoms with E-state index >= 15 is 0 Å². The van der Waals surface area contributed by atoms with Gasteiger partial charge in [0.25, 0.3) is 0 Å². The van der Waals surface area contributed by atoms with Crippen molar-refractivity contribution in [1.82, 2.24) is 9.97 Å². The molecule has 0 bridgehead atoms. The monoisotopic (exact) mass is 265 g/mol. The van der Waals surface area contributed by atoms with Crippen molar-refractivity contribution in [1.29, 1.82) is 0 Å². The lowest BCUT2D eigenvalue weighted by Crippen LogP contribution is -2.28. The summed E-state index contributed by atoms with van der Waals surface area (Å²) in [6, 6.07) is 0.286. The van der Waals surface area contributed by atoms with Crippen LogP contribution in [0.15, 0.2) is 0 Å². The SMILES string of the molecule is CCc1nc(NN)c(C)c(NC2CCCC2CO)n1. The second-order valence-corrected chi connectivity index (χ2v) is 5.08. The van der Waals surface area contributed by atoms with Gasteiger partial charge in [-0.2, -0.15) is 0 Å². The third kappa shape index (κ3) is 2.96. The van der Waals surface area contributed by atoms with Crippen LogP contribution in [0.3, 0.4) is 0 Å². The van der Waals surface area contributed by atoms with Gasteiger partial charge in [-0.05, 0) is 19.8 Å². The number of nitrogens with two attached hydrogens (primary N) is 1. The summed E-state index contributed by atoms with van der Waals surface area (Å²) in [4.78, 5) is 8.88. The molecule has 5 N–H and O–H groups in total. The largest absolute Gasteiger partial charge is 0.396 e. The van der Waals surface area contributed by atoms with Crippen LogP contribution in [-0.2, 0) is 6.42 Å². The lowest BCUT2D eigenvalue weighted by atomic mass is 10.0. The molecule has 106 valence electrons. The van der Waals surface area contributed by atoms with Crippen LogP contribution >= 0.6 is 0 Å². The Balaban J connectivity index is 2.23. The molecule has 0 amide bonds. The molecular weight excluding hydrogens is 242 g/mol. The third-order valence-corrected chi connectivity index (χ3v) is 3.86. The van der Waals surface area contributed by atoms with Gasteiger partial charge in [0.2, 0.25) is 0 Å². The fourth-order valence-corrected chi connectivity index (χ4v) is 2.62. The zero-order valence-electron chi connectivity index (χ0n) is 11.6. The predicted molar refractivity (Wildman–Crippen MR) is 75.8 cm³/mol. The molecule has 0 spiro atoms. The van der Waals surface area contributed by atoms with Crippen LogP contribution in [0, 0.1) is 12.8 Å². The first-order valence-electron chi connectivity index (χ1n) is 6.91. The van der Waals surface area contributed by atoms with Crippen molar-refractivity contribution in [2.75, 3.05) is 17.3 Å². The van der Waals surface area contributed by atoms with E-state index in [-0.39, 0.29) is 12.6 Å². The first kappa shape index (κ1) is 14.0. The van der Waals surface area contributed by atoms with Crippen LogP contribution in [0.25, 0.3) is 0 Å². The summed E-state index contributed by atoms with van der Waals surface area (Å²) in [6.45, 7) is 4.19. The van der Waals surface area contributed by atoms with Gasteiger partial charge in [0.05, 0.1) is 0 Å². The number of aromatic nitrogens is 2. The van der Waals surface area contributed by atoms with Gasteiger partial charge in [0, 0.05) is 30.6 Å². The Labute approximate surface area is 113 Å². The quantitative estimate of drug-likeness (QED) is 0.472. The molecule has 2 unspecified atom stereocenters. The Bertz CT molecular complexity index is 437. The van der Waals surface area contributed by atoms with Crippen molar-refractivity contribution >= 4 is 11.6 Å². The fourth-order valence-electron chi connectivity index (χ4n) is 2.62. The van der Waals surface area contributed by atoms with Gasteiger partial charge < -0.3 is 15.8 Å². The van der Waals surface area contributed by atoms with E-state index in [1.807, 2.05) is 13.8 Å². The first-order valence-corrected chi connectivity index (χ1v) is 6.91. The van der Waals surface area contributed by atoms with E-state index in [0.717, 1.165) is 42.9 Å². The van der Waals surface area contributed by atoms with Crippen molar-refractivity contribution < 1.29 is 5.11 Å². The highest BCUT2D eigenvalue weighted by Gasteiger charge is 2.27. The van der Waals surface area contributed by atoms with E-state index in [4.69, 9.17) is 5.84 Å². The number of hydrazine groups is 1. The Morgan fingerprint density at radius 1 is 1.32 bits per heavy atom. The van der Waals surface area contributed by atoms with E-state index < -0.39 is 0 Å². The minimum Gasteiger partial charge on any atom is -0.396 e. The average molecular weight is 265 g/mol. The second kappa shape index (κ2) is 6.16. The van der Waals surface area contributed by atoms with Gasteiger partial charge in [-0.1, -0.05) is 13.3 Å². The molecule has 2 atom stereocenters. The summed E-state index contributed by atoms with van der Waals surface area (Å²) in [6.07, 6.45) is 4.05. The van der Waals surface area contributed by atoms with Gasteiger partial charge in [-0.25, -0.2) is 15.8 Å². The molecule has 19 heavy (non-hydrogen) atoms. The number of hydrogen-bond donors (Lipinski definition) is 4. The van der Waals surface area contributed by atoms with Crippen LogP contribution < -0.4 is 16.6 Å². The molecule has 1 aliphatic carbocycles. The van der Waals surface area contributed by atoms with Crippen LogP contribution in [0.5, 0.6) is 0 Å². The zero-order valence-corrected chi connectivity index (χ0v) is 11.6. The molecule has 1 aromatic rings. The van der Waals surface area contributed by atoms with E-state index in [0.29, 0.717) is 11.7 Å². The number of aliphatic hydroxyl groups is 1. The number of nitrogens with zero attached hydrogens (tertiary/aromatic N) is 2. The van der Waals surface area contributed by atoms with E-state index in [2.05, 4.69) is 20.7 Å². The van der Waals surface area contributed by atoms with Crippen LogP contribution in [0.2, 0.25) is 0 Å². The molecule has 1 saturated carbocycles. The molecule has 1 fully saturated rings. The van der Waals surface area contributed by atoms with Crippen LogP contribution in [0.1, 0.15) is 37.6 Å². The standard InChI is InChI=1S/C13H23N5O/c1-3-11-16-12(8(2)13(17-11)18-14)15-10-6-4-5-9(10)7-19/h9-10,19H,3-7,14H2,1-2H3,(H2,15,16,17,18). The van der Waals surface area contributed by atoms with Crippen molar-refractivity contribution in [3.8, 4) is 0 Å². The molecule has 1 aromatic heterocycles.